The van der Waals surface area contributed by atoms with E-state index in [2.05, 4.69) is 10.1 Å². The number of nitrogens with zero attached hydrogens (tertiary/aromatic N) is 3. The van der Waals surface area contributed by atoms with Crippen molar-refractivity contribution < 1.29 is 4.74 Å². The van der Waals surface area contributed by atoms with Crippen LogP contribution in [0.2, 0.25) is 0 Å². The molecule has 0 fully saturated rings. The minimum absolute atomic E-state index is 0.0544. The molecular weight excluding hydrogens is 254 g/mol. The molecule has 0 atom stereocenters. The molecule has 0 amide bonds. The standard InChI is InChI=1S/C14H19N5O/c1-8(2)19-7-11(6-17-19)20-14-12(13(15)16)9(3)5-10(4)18-14/h5-8H,1-4H3,(H3,15,16). The van der Waals surface area contributed by atoms with Crippen molar-refractivity contribution in [1.82, 2.24) is 14.8 Å². The molecule has 6 heteroatoms. The molecule has 0 aliphatic heterocycles. The molecule has 2 rings (SSSR count). The van der Waals surface area contributed by atoms with Crippen molar-refractivity contribution in [3.05, 3.63) is 35.3 Å². The SMILES string of the molecule is Cc1cc(C)c(C(=N)N)c(Oc2cnn(C(C)C)c2)n1. The molecule has 0 radical (unpaired) electrons. The summed E-state index contributed by atoms with van der Waals surface area (Å²) >= 11 is 0. The van der Waals surface area contributed by atoms with Crippen LogP contribution in [0.1, 0.15) is 36.7 Å². The third-order valence-corrected chi connectivity index (χ3v) is 2.90. The summed E-state index contributed by atoms with van der Waals surface area (Å²) in [6, 6.07) is 2.13. The molecular formula is C14H19N5O. The molecule has 0 saturated heterocycles. The first-order valence-corrected chi connectivity index (χ1v) is 6.43. The predicted octanol–water partition coefficient (Wildman–Crippen LogP) is 2.55. The Morgan fingerprint density at radius 3 is 2.65 bits per heavy atom. The van der Waals surface area contributed by atoms with Gasteiger partial charge in [0, 0.05) is 11.7 Å². The fourth-order valence-electron chi connectivity index (χ4n) is 1.97. The number of aromatic nitrogens is 3. The third kappa shape index (κ3) is 2.79. The Hall–Kier alpha value is -2.37. The molecule has 6 nitrogen and oxygen atoms in total. The van der Waals surface area contributed by atoms with E-state index in [0.717, 1.165) is 11.3 Å². The number of nitrogen functional groups attached to an aromatic ring is 1. The Morgan fingerprint density at radius 2 is 2.10 bits per heavy atom. The van der Waals surface area contributed by atoms with Crippen molar-refractivity contribution in [2.75, 3.05) is 0 Å². The molecule has 106 valence electrons. The molecule has 0 bridgehead atoms. The average Bonchev–Trinajstić information content (AvgIpc) is 2.75. The lowest BCUT2D eigenvalue weighted by atomic mass is 10.1. The average molecular weight is 273 g/mol. The highest BCUT2D eigenvalue weighted by Crippen LogP contribution is 2.26. The summed E-state index contributed by atoms with van der Waals surface area (Å²) in [5, 5.41) is 11.9. The first kappa shape index (κ1) is 14.0. The summed E-state index contributed by atoms with van der Waals surface area (Å²) in [4.78, 5) is 4.32. The van der Waals surface area contributed by atoms with Crippen molar-refractivity contribution in [2.45, 2.75) is 33.7 Å². The number of pyridine rings is 1. The van der Waals surface area contributed by atoms with Crippen molar-refractivity contribution in [1.29, 1.82) is 5.41 Å². The summed E-state index contributed by atoms with van der Waals surface area (Å²) < 4.78 is 7.55. The Kier molecular flexibility index (Phi) is 3.74. The van der Waals surface area contributed by atoms with Crippen LogP contribution in [-0.4, -0.2) is 20.6 Å². The molecule has 2 heterocycles. The minimum Gasteiger partial charge on any atom is -0.435 e. The number of hydrogen-bond acceptors (Lipinski definition) is 4. The number of nitrogens with one attached hydrogen (secondary N) is 1. The fraction of sp³-hybridized carbons (Fsp3) is 0.357. The first-order chi connectivity index (χ1) is 9.38. The third-order valence-electron chi connectivity index (χ3n) is 2.90. The summed E-state index contributed by atoms with van der Waals surface area (Å²) in [5.41, 5.74) is 7.83. The number of hydrogen-bond donors (Lipinski definition) is 2. The monoisotopic (exact) mass is 273 g/mol. The van der Waals surface area contributed by atoms with E-state index in [9.17, 15) is 0 Å². The van der Waals surface area contributed by atoms with Gasteiger partial charge in [-0.1, -0.05) is 0 Å². The maximum Gasteiger partial charge on any atom is 0.230 e. The van der Waals surface area contributed by atoms with E-state index in [-0.39, 0.29) is 11.9 Å². The number of amidine groups is 1. The Bertz CT molecular complexity index is 645. The maximum absolute atomic E-state index is 7.66. The van der Waals surface area contributed by atoms with E-state index in [1.807, 2.05) is 33.8 Å². The zero-order chi connectivity index (χ0) is 14.9. The predicted molar refractivity (Wildman–Crippen MR) is 77.4 cm³/mol. The van der Waals surface area contributed by atoms with Gasteiger partial charge in [-0.3, -0.25) is 10.1 Å². The second-order valence-electron chi connectivity index (χ2n) is 5.03. The summed E-state index contributed by atoms with van der Waals surface area (Å²) in [7, 11) is 0. The van der Waals surface area contributed by atoms with E-state index in [1.54, 1.807) is 17.1 Å². The molecule has 0 aromatic carbocycles. The number of ether oxygens (including phenoxy) is 1. The molecule has 0 unspecified atom stereocenters. The highest BCUT2D eigenvalue weighted by atomic mass is 16.5. The normalized spacial score (nSPS) is 10.8. The summed E-state index contributed by atoms with van der Waals surface area (Å²) in [5.74, 6) is 0.873. The van der Waals surface area contributed by atoms with E-state index in [1.165, 1.54) is 0 Å². The van der Waals surface area contributed by atoms with E-state index in [0.29, 0.717) is 17.2 Å². The van der Waals surface area contributed by atoms with Gasteiger partial charge in [0.25, 0.3) is 0 Å². The minimum atomic E-state index is -0.0544. The highest BCUT2D eigenvalue weighted by Gasteiger charge is 2.15. The molecule has 0 aliphatic rings. The Morgan fingerprint density at radius 1 is 1.40 bits per heavy atom. The van der Waals surface area contributed by atoms with Crippen LogP contribution in [0.5, 0.6) is 11.6 Å². The summed E-state index contributed by atoms with van der Waals surface area (Å²) in [6.07, 6.45) is 3.43. The number of aryl methyl sites for hydroxylation is 2. The van der Waals surface area contributed by atoms with Crippen LogP contribution in [0.25, 0.3) is 0 Å². The van der Waals surface area contributed by atoms with Gasteiger partial charge < -0.3 is 10.5 Å². The van der Waals surface area contributed by atoms with E-state index >= 15 is 0 Å². The van der Waals surface area contributed by atoms with Gasteiger partial charge >= 0.3 is 0 Å². The number of rotatable bonds is 4. The van der Waals surface area contributed by atoms with Crippen LogP contribution in [-0.2, 0) is 0 Å². The van der Waals surface area contributed by atoms with Crippen LogP contribution >= 0.6 is 0 Å². The molecule has 0 spiro atoms. The van der Waals surface area contributed by atoms with Crippen LogP contribution in [0.4, 0.5) is 0 Å². The van der Waals surface area contributed by atoms with Gasteiger partial charge in [-0.15, -0.1) is 0 Å². The summed E-state index contributed by atoms with van der Waals surface area (Å²) in [6.45, 7) is 7.83. The van der Waals surface area contributed by atoms with Crippen LogP contribution in [0.15, 0.2) is 18.5 Å². The molecule has 2 aromatic heterocycles. The van der Waals surface area contributed by atoms with Crippen molar-refractivity contribution >= 4 is 5.84 Å². The van der Waals surface area contributed by atoms with Gasteiger partial charge in [0.05, 0.1) is 18.0 Å². The van der Waals surface area contributed by atoms with Crippen molar-refractivity contribution in [3.63, 3.8) is 0 Å². The molecule has 3 N–H and O–H groups in total. The topological polar surface area (TPSA) is 89.8 Å². The van der Waals surface area contributed by atoms with Crippen LogP contribution in [0, 0.1) is 19.3 Å². The van der Waals surface area contributed by atoms with E-state index in [4.69, 9.17) is 15.9 Å². The van der Waals surface area contributed by atoms with Gasteiger partial charge in [0.2, 0.25) is 5.88 Å². The largest absolute Gasteiger partial charge is 0.435 e. The smallest absolute Gasteiger partial charge is 0.230 e. The Balaban J connectivity index is 2.39. The molecule has 2 aromatic rings. The zero-order valence-electron chi connectivity index (χ0n) is 12.1. The first-order valence-electron chi connectivity index (χ1n) is 6.43. The van der Waals surface area contributed by atoms with Crippen LogP contribution < -0.4 is 10.5 Å². The van der Waals surface area contributed by atoms with Gasteiger partial charge in [-0.2, -0.15) is 5.10 Å². The zero-order valence-corrected chi connectivity index (χ0v) is 12.1. The second kappa shape index (κ2) is 5.32. The maximum atomic E-state index is 7.66. The van der Waals surface area contributed by atoms with Crippen LogP contribution in [0.3, 0.4) is 0 Å². The fourth-order valence-corrected chi connectivity index (χ4v) is 1.97. The van der Waals surface area contributed by atoms with Gasteiger partial charge in [0.1, 0.15) is 5.84 Å². The lowest BCUT2D eigenvalue weighted by molar-refractivity contribution is 0.456. The quantitative estimate of drug-likeness (QED) is 0.661. The lowest BCUT2D eigenvalue weighted by Crippen LogP contribution is -2.15. The number of nitrogens with two attached hydrogens (primary N) is 1. The van der Waals surface area contributed by atoms with Crippen molar-refractivity contribution in [2.24, 2.45) is 5.73 Å². The lowest BCUT2D eigenvalue weighted by Gasteiger charge is -2.11. The highest BCUT2D eigenvalue weighted by molar-refractivity contribution is 5.98. The molecule has 0 aliphatic carbocycles. The van der Waals surface area contributed by atoms with Gasteiger partial charge in [-0.05, 0) is 39.3 Å². The molecule has 0 saturated carbocycles. The van der Waals surface area contributed by atoms with Crippen molar-refractivity contribution in [3.8, 4) is 11.6 Å². The van der Waals surface area contributed by atoms with Gasteiger partial charge in [0.15, 0.2) is 5.75 Å². The molecule has 20 heavy (non-hydrogen) atoms. The van der Waals surface area contributed by atoms with Gasteiger partial charge in [-0.25, -0.2) is 4.98 Å². The van der Waals surface area contributed by atoms with E-state index < -0.39 is 0 Å². The Labute approximate surface area is 118 Å². The second-order valence-corrected chi connectivity index (χ2v) is 5.03.